The van der Waals surface area contributed by atoms with Gasteiger partial charge >= 0.3 is 0 Å². The highest BCUT2D eigenvalue weighted by molar-refractivity contribution is 5.93. The quantitative estimate of drug-likeness (QED) is 0.766. The third-order valence-corrected chi connectivity index (χ3v) is 4.79. The lowest BCUT2D eigenvalue weighted by Gasteiger charge is -2.32. The van der Waals surface area contributed by atoms with Gasteiger partial charge in [0.15, 0.2) is 17.2 Å². The molecule has 1 atom stereocenters. The second kappa shape index (κ2) is 7.22. The Hall–Kier alpha value is -3.16. The van der Waals surface area contributed by atoms with E-state index in [1.54, 1.807) is 6.07 Å². The molecule has 0 saturated carbocycles. The molecule has 2 aromatic heterocycles. The summed E-state index contributed by atoms with van der Waals surface area (Å²) >= 11 is 0. The Morgan fingerprint density at radius 2 is 2.19 bits per heavy atom. The van der Waals surface area contributed by atoms with Gasteiger partial charge in [0.2, 0.25) is 11.9 Å². The summed E-state index contributed by atoms with van der Waals surface area (Å²) in [6.07, 6.45) is 3.56. The predicted molar refractivity (Wildman–Crippen MR) is 99.5 cm³/mol. The van der Waals surface area contributed by atoms with E-state index >= 15 is 0 Å². The Kier molecular flexibility index (Phi) is 4.62. The van der Waals surface area contributed by atoms with Gasteiger partial charge in [0, 0.05) is 31.0 Å². The number of anilines is 2. The fourth-order valence-corrected chi connectivity index (χ4v) is 3.41. The number of amides is 1. The van der Waals surface area contributed by atoms with Gasteiger partial charge in [-0.05, 0) is 37.1 Å². The van der Waals surface area contributed by atoms with Crippen molar-refractivity contribution in [3.8, 4) is 5.75 Å². The molecule has 1 aromatic carbocycles. The number of methoxy groups -OCH3 is 1. The van der Waals surface area contributed by atoms with E-state index in [0.717, 1.165) is 31.0 Å². The Labute approximate surface area is 155 Å². The van der Waals surface area contributed by atoms with Crippen molar-refractivity contribution in [2.75, 3.05) is 30.4 Å². The number of fused-ring (bicyclic) bond motifs is 1. The molecule has 1 N–H and O–H groups in total. The van der Waals surface area contributed by atoms with Gasteiger partial charge in [0.25, 0.3) is 0 Å². The standard InChI is InChI=1S/C19H20FN5O2/c1-27-16-8-7-14(11-15(16)20)21-18(26)13-5-4-9-24(12-13)19-23-22-17-6-2-3-10-25(17)19/h2-3,6-8,10-11,13H,4-5,9,12H2,1H3,(H,21,26). The van der Waals surface area contributed by atoms with Crippen LogP contribution >= 0.6 is 0 Å². The van der Waals surface area contributed by atoms with Crippen molar-refractivity contribution in [2.24, 2.45) is 5.92 Å². The van der Waals surface area contributed by atoms with Gasteiger partial charge in [0.1, 0.15) is 0 Å². The Morgan fingerprint density at radius 3 is 3.00 bits per heavy atom. The summed E-state index contributed by atoms with van der Waals surface area (Å²) in [6, 6.07) is 10.1. The van der Waals surface area contributed by atoms with Crippen LogP contribution in [-0.4, -0.2) is 40.7 Å². The number of nitrogens with zero attached hydrogens (tertiary/aromatic N) is 4. The lowest BCUT2D eigenvalue weighted by molar-refractivity contribution is -0.120. The van der Waals surface area contributed by atoms with Crippen molar-refractivity contribution in [3.63, 3.8) is 0 Å². The Morgan fingerprint density at radius 1 is 1.30 bits per heavy atom. The monoisotopic (exact) mass is 369 g/mol. The molecule has 1 aliphatic heterocycles. The molecule has 1 saturated heterocycles. The zero-order chi connectivity index (χ0) is 18.8. The van der Waals surface area contributed by atoms with Crippen molar-refractivity contribution in [2.45, 2.75) is 12.8 Å². The minimum absolute atomic E-state index is 0.127. The minimum atomic E-state index is -0.504. The largest absolute Gasteiger partial charge is 0.494 e. The number of ether oxygens (including phenoxy) is 1. The maximum Gasteiger partial charge on any atom is 0.231 e. The molecule has 1 fully saturated rings. The maximum absolute atomic E-state index is 13.8. The molecule has 0 bridgehead atoms. The molecular weight excluding hydrogens is 349 g/mol. The zero-order valence-electron chi connectivity index (χ0n) is 14.9. The third kappa shape index (κ3) is 3.42. The highest BCUT2D eigenvalue weighted by atomic mass is 19.1. The number of nitrogens with one attached hydrogen (secondary N) is 1. The normalized spacial score (nSPS) is 17.1. The van der Waals surface area contributed by atoms with Crippen LogP contribution in [0.25, 0.3) is 5.65 Å². The number of hydrogen-bond donors (Lipinski definition) is 1. The lowest BCUT2D eigenvalue weighted by Crippen LogP contribution is -2.41. The van der Waals surface area contributed by atoms with E-state index in [2.05, 4.69) is 20.4 Å². The second-order valence-electron chi connectivity index (χ2n) is 6.55. The van der Waals surface area contributed by atoms with Gasteiger partial charge < -0.3 is 15.0 Å². The Balaban J connectivity index is 1.48. The highest BCUT2D eigenvalue weighted by Gasteiger charge is 2.28. The predicted octanol–water partition coefficient (Wildman–Crippen LogP) is 2.73. The number of carbonyl (C=O) groups is 1. The van der Waals surface area contributed by atoms with E-state index in [1.165, 1.54) is 19.2 Å². The average molecular weight is 369 g/mol. The maximum atomic E-state index is 13.8. The molecule has 0 aliphatic carbocycles. The fourth-order valence-electron chi connectivity index (χ4n) is 3.41. The first-order valence-electron chi connectivity index (χ1n) is 8.85. The molecule has 3 heterocycles. The number of rotatable bonds is 4. The lowest BCUT2D eigenvalue weighted by atomic mass is 9.97. The molecule has 27 heavy (non-hydrogen) atoms. The van der Waals surface area contributed by atoms with Gasteiger partial charge in [-0.25, -0.2) is 4.39 Å². The van der Waals surface area contributed by atoms with E-state index < -0.39 is 5.82 Å². The molecule has 140 valence electrons. The summed E-state index contributed by atoms with van der Waals surface area (Å²) in [6.45, 7) is 1.36. The van der Waals surface area contributed by atoms with E-state index in [-0.39, 0.29) is 17.6 Å². The van der Waals surface area contributed by atoms with Gasteiger partial charge in [-0.1, -0.05) is 6.07 Å². The first-order valence-corrected chi connectivity index (χ1v) is 8.85. The van der Waals surface area contributed by atoms with Crippen molar-refractivity contribution in [3.05, 3.63) is 48.4 Å². The smallest absolute Gasteiger partial charge is 0.231 e. The third-order valence-electron chi connectivity index (χ3n) is 4.79. The van der Waals surface area contributed by atoms with Crippen LogP contribution in [0.1, 0.15) is 12.8 Å². The molecule has 1 aliphatic rings. The number of halogens is 1. The van der Waals surface area contributed by atoms with Crippen LogP contribution in [-0.2, 0) is 4.79 Å². The van der Waals surface area contributed by atoms with Gasteiger partial charge in [-0.2, -0.15) is 0 Å². The molecule has 0 radical (unpaired) electrons. The number of carbonyl (C=O) groups excluding carboxylic acids is 1. The van der Waals surface area contributed by atoms with Crippen LogP contribution in [0, 0.1) is 11.7 Å². The number of benzene rings is 1. The van der Waals surface area contributed by atoms with Crippen LogP contribution in [0.15, 0.2) is 42.6 Å². The number of aromatic nitrogens is 3. The topological polar surface area (TPSA) is 71.8 Å². The van der Waals surface area contributed by atoms with Crippen LogP contribution < -0.4 is 15.0 Å². The fraction of sp³-hybridized carbons (Fsp3) is 0.316. The number of piperidine rings is 1. The van der Waals surface area contributed by atoms with Gasteiger partial charge in [0.05, 0.1) is 13.0 Å². The molecule has 0 spiro atoms. The van der Waals surface area contributed by atoms with Crippen LogP contribution in [0.2, 0.25) is 0 Å². The molecule has 4 rings (SSSR count). The van der Waals surface area contributed by atoms with Gasteiger partial charge in [-0.15, -0.1) is 10.2 Å². The summed E-state index contributed by atoms with van der Waals surface area (Å²) in [7, 11) is 1.40. The molecule has 1 unspecified atom stereocenters. The van der Waals surface area contributed by atoms with E-state index in [1.807, 2.05) is 28.8 Å². The zero-order valence-corrected chi connectivity index (χ0v) is 14.9. The number of hydrogen-bond acceptors (Lipinski definition) is 5. The minimum Gasteiger partial charge on any atom is -0.494 e. The summed E-state index contributed by atoms with van der Waals surface area (Å²) in [5.74, 6) is 0.0441. The Bertz CT molecular complexity index is 974. The molecule has 7 nitrogen and oxygen atoms in total. The number of pyridine rings is 1. The first kappa shape index (κ1) is 17.3. The molecular formula is C19H20FN5O2. The van der Waals surface area contributed by atoms with Crippen LogP contribution in [0.3, 0.4) is 0 Å². The molecule has 3 aromatic rings. The summed E-state index contributed by atoms with van der Waals surface area (Å²) in [5.41, 5.74) is 1.19. The van der Waals surface area contributed by atoms with Crippen molar-refractivity contribution in [1.29, 1.82) is 0 Å². The second-order valence-corrected chi connectivity index (χ2v) is 6.55. The van der Waals surface area contributed by atoms with Gasteiger partial charge in [-0.3, -0.25) is 9.20 Å². The van der Waals surface area contributed by atoms with Crippen LogP contribution in [0.4, 0.5) is 16.0 Å². The van der Waals surface area contributed by atoms with Crippen molar-refractivity contribution >= 4 is 23.2 Å². The summed E-state index contributed by atoms with van der Waals surface area (Å²) < 4.78 is 20.7. The van der Waals surface area contributed by atoms with E-state index in [4.69, 9.17) is 4.74 Å². The summed E-state index contributed by atoms with van der Waals surface area (Å²) in [4.78, 5) is 14.7. The van der Waals surface area contributed by atoms with Crippen molar-refractivity contribution < 1.29 is 13.9 Å². The van der Waals surface area contributed by atoms with Crippen molar-refractivity contribution in [1.82, 2.24) is 14.6 Å². The van der Waals surface area contributed by atoms with E-state index in [0.29, 0.717) is 12.2 Å². The van der Waals surface area contributed by atoms with Crippen LogP contribution in [0.5, 0.6) is 5.75 Å². The molecule has 8 heteroatoms. The highest BCUT2D eigenvalue weighted by Crippen LogP contribution is 2.25. The van der Waals surface area contributed by atoms with E-state index in [9.17, 15) is 9.18 Å². The summed E-state index contributed by atoms with van der Waals surface area (Å²) in [5, 5.41) is 11.2. The molecule has 1 amide bonds. The average Bonchev–Trinajstić information content (AvgIpc) is 3.12. The first-order chi connectivity index (χ1) is 13.2. The SMILES string of the molecule is COc1ccc(NC(=O)C2CCCN(c3nnc4ccccn34)C2)cc1F.